The van der Waals surface area contributed by atoms with E-state index in [0.717, 1.165) is 6.42 Å². The molecule has 0 spiro atoms. The first-order valence-corrected chi connectivity index (χ1v) is 8.17. The lowest BCUT2D eigenvalue weighted by atomic mass is 10.2. The van der Waals surface area contributed by atoms with Crippen LogP contribution in [0, 0.1) is 5.82 Å². The van der Waals surface area contributed by atoms with Crippen molar-refractivity contribution in [3.63, 3.8) is 0 Å². The molecule has 5 nitrogen and oxygen atoms in total. The molecule has 1 atom stereocenters. The first-order valence-electron chi connectivity index (χ1n) is 7.79. The maximum atomic E-state index is 12.8. The maximum Gasteiger partial charge on any atom is 0.339 e. The van der Waals surface area contributed by atoms with Crippen LogP contribution in [0.4, 0.5) is 14.9 Å². The second-order valence-electron chi connectivity index (χ2n) is 5.36. The minimum Gasteiger partial charge on any atom is -0.489 e. The molecule has 2 N–H and O–H groups in total. The zero-order valence-corrected chi connectivity index (χ0v) is 14.7. The monoisotopic (exact) mass is 363 g/mol. The molecule has 7 heteroatoms. The van der Waals surface area contributed by atoms with Crippen LogP contribution in [0.15, 0.2) is 47.6 Å². The Kier molecular flexibility index (Phi) is 6.77. The average Bonchev–Trinajstić information content (AvgIpc) is 2.59. The molecule has 2 rings (SSSR count). The van der Waals surface area contributed by atoms with Gasteiger partial charge < -0.3 is 10.1 Å². The highest BCUT2D eigenvalue weighted by Gasteiger charge is 2.06. The number of nitrogens with zero attached hydrogens (tertiary/aromatic N) is 1. The Morgan fingerprint density at radius 2 is 2.04 bits per heavy atom. The Hall–Kier alpha value is -2.60. The Balaban J connectivity index is 1.89. The molecule has 25 heavy (non-hydrogen) atoms. The highest BCUT2D eigenvalue weighted by molar-refractivity contribution is 6.32. The topological polar surface area (TPSA) is 62.7 Å². The molecule has 0 aliphatic carbocycles. The summed E-state index contributed by atoms with van der Waals surface area (Å²) in [6.07, 6.45) is 2.42. The number of nitrogens with one attached hydrogen (secondary N) is 2. The lowest BCUT2D eigenvalue weighted by Crippen LogP contribution is -2.24. The third kappa shape index (κ3) is 6.08. The molecule has 0 radical (unpaired) electrons. The predicted molar refractivity (Wildman–Crippen MR) is 98.0 cm³/mol. The summed E-state index contributed by atoms with van der Waals surface area (Å²) in [6.45, 7) is 4.00. The number of anilines is 1. The molecular weight excluding hydrogens is 345 g/mol. The third-order valence-corrected chi connectivity index (χ3v) is 3.64. The zero-order chi connectivity index (χ0) is 18.2. The number of benzene rings is 2. The summed E-state index contributed by atoms with van der Waals surface area (Å²) in [6, 6.07) is 10.1. The summed E-state index contributed by atoms with van der Waals surface area (Å²) in [5, 5.41) is 6.84. The molecule has 2 aromatic rings. The van der Waals surface area contributed by atoms with Crippen molar-refractivity contribution in [3.8, 4) is 5.75 Å². The van der Waals surface area contributed by atoms with E-state index >= 15 is 0 Å². The largest absolute Gasteiger partial charge is 0.489 e. The number of carbonyl (C=O) groups is 1. The number of amides is 2. The minimum absolute atomic E-state index is 0.0776. The molecular formula is C18H19ClFN3O2. The van der Waals surface area contributed by atoms with Gasteiger partial charge in [-0.15, -0.1) is 0 Å². The van der Waals surface area contributed by atoms with Gasteiger partial charge >= 0.3 is 6.03 Å². The fourth-order valence-corrected chi connectivity index (χ4v) is 2.08. The number of rotatable bonds is 6. The van der Waals surface area contributed by atoms with E-state index in [1.807, 2.05) is 13.8 Å². The molecule has 0 unspecified atom stereocenters. The average molecular weight is 364 g/mol. The highest BCUT2D eigenvalue weighted by Crippen LogP contribution is 2.26. The fraction of sp³-hybridized carbons (Fsp3) is 0.222. The molecule has 0 saturated carbocycles. The van der Waals surface area contributed by atoms with Crippen LogP contribution in [0.25, 0.3) is 0 Å². The Morgan fingerprint density at radius 1 is 1.32 bits per heavy atom. The SMILES string of the molecule is CC[C@@H](C)Oc1ccc(/C=N/NC(=O)Nc2ccc(F)cc2)cc1Cl. The van der Waals surface area contributed by atoms with E-state index in [9.17, 15) is 9.18 Å². The van der Waals surface area contributed by atoms with E-state index in [4.69, 9.17) is 16.3 Å². The molecule has 2 amide bonds. The maximum absolute atomic E-state index is 12.8. The van der Waals surface area contributed by atoms with Crippen LogP contribution >= 0.6 is 11.6 Å². The molecule has 132 valence electrons. The van der Waals surface area contributed by atoms with Crippen molar-refractivity contribution in [2.24, 2.45) is 5.10 Å². The quantitative estimate of drug-likeness (QED) is 0.571. The van der Waals surface area contributed by atoms with Gasteiger partial charge in [-0.05, 0) is 61.4 Å². The van der Waals surface area contributed by atoms with Crippen LogP contribution in [-0.4, -0.2) is 18.3 Å². The van der Waals surface area contributed by atoms with Gasteiger partial charge in [0, 0.05) is 5.69 Å². The van der Waals surface area contributed by atoms with Crippen molar-refractivity contribution in [2.75, 3.05) is 5.32 Å². The predicted octanol–water partition coefficient (Wildman–Crippen LogP) is 4.81. The number of hydrogen-bond acceptors (Lipinski definition) is 3. The molecule has 0 fully saturated rings. The summed E-state index contributed by atoms with van der Waals surface area (Å²) < 4.78 is 18.5. The summed E-state index contributed by atoms with van der Waals surface area (Å²) in [5.41, 5.74) is 3.49. The van der Waals surface area contributed by atoms with Gasteiger partial charge in [0.2, 0.25) is 0 Å². The van der Waals surface area contributed by atoms with Crippen molar-refractivity contribution in [1.82, 2.24) is 5.43 Å². The molecule has 0 saturated heterocycles. The number of urea groups is 1. The van der Waals surface area contributed by atoms with Gasteiger partial charge in [0.1, 0.15) is 11.6 Å². The van der Waals surface area contributed by atoms with E-state index in [2.05, 4.69) is 15.8 Å². The van der Waals surface area contributed by atoms with Crippen LogP contribution in [0.5, 0.6) is 5.75 Å². The molecule has 2 aromatic carbocycles. The first-order chi connectivity index (χ1) is 12.0. The van der Waals surface area contributed by atoms with Crippen LogP contribution in [0.1, 0.15) is 25.8 Å². The third-order valence-electron chi connectivity index (χ3n) is 3.34. The number of hydrazone groups is 1. The number of ether oxygens (including phenoxy) is 1. The second kappa shape index (κ2) is 9.03. The van der Waals surface area contributed by atoms with Crippen LogP contribution < -0.4 is 15.5 Å². The smallest absolute Gasteiger partial charge is 0.339 e. The van der Waals surface area contributed by atoms with Gasteiger partial charge in [-0.2, -0.15) is 5.10 Å². The number of hydrogen-bond donors (Lipinski definition) is 2. The summed E-state index contributed by atoms with van der Waals surface area (Å²) in [4.78, 5) is 11.7. The molecule has 0 bridgehead atoms. The summed E-state index contributed by atoms with van der Waals surface area (Å²) >= 11 is 6.18. The van der Waals surface area contributed by atoms with Crippen LogP contribution in [-0.2, 0) is 0 Å². The van der Waals surface area contributed by atoms with Crippen molar-refractivity contribution in [3.05, 3.63) is 58.9 Å². The van der Waals surface area contributed by atoms with Gasteiger partial charge in [0.25, 0.3) is 0 Å². The van der Waals surface area contributed by atoms with Crippen LogP contribution in [0.3, 0.4) is 0 Å². The van der Waals surface area contributed by atoms with E-state index in [1.54, 1.807) is 18.2 Å². The van der Waals surface area contributed by atoms with E-state index in [-0.39, 0.29) is 11.9 Å². The van der Waals surface area contributed by atoms with Gasteiger partial charge in [0.15, 0.2) is 0 Å². The first kappa shape index (κ1) is 18.7. The standard InChI is InChI=1S/C18H19ClFN3O2/c1-3-12(2)25-17-9-4-13(10-16(17)19)11-21-23-18(24)22-15-7-5-14(20)6-8-15/h4-12H,3H2,1-2H3,(H2,22,23,24)/b21-11+/t12-/m1/s1. The highest BCUT2D eigenvalue weighted by atomic mass is 35.5. The minimum atomic E-state index is -0.536. The molecule has 0 aromatic heterocycles. The lowest BCUT2D eigenvalue weighted by Gasteiger charge is -2.13. The van der Waals surface area contributed by atoms with Crippen molar-refractivity contribution in [1.29, 1.82) is 0 Å². The lowest BCUT2D eigenvalue weighted by molar-refractivity contribution is 0.217. The van der Waals surface area contributed by atoms with Crippen molar-refractivity contribution in [2.45, 2.75) is 26.4 Å². The molecule has 0 heterocycles. The van der Waals surface area contributed by atoms with Crippen molar-refractivity contribution >= 4 is 29.5 Å². The zero-order valence-electron chi connectivity index (χ0n) is 13.9. The van der Waals surface area contributed by atoms with E-state index < -0.39 is 6.03 Å². The summed E-state index contributed by atoms with van der Waals surface area (Å²) in [5.74, 6) is 0.233. The molecule has 0 aliphatic rings. The summed E-state index contributed by atoms with van der Waals surface area (Å²) in [7, 11) is 0. The number of carbonyl (C=O) groups excluding carboxylic acids is 1. The van der Waals surface area contributed by atoms with E-state index in [0.29, 0.717) is 22.0 Å². The van der Waals surface area contributed by atoms with Gasteiger partial charge in [-0.3, -0.25) is 0 Å². The van der Waals surface area contributed by atoms with Gasteiger partial charge in [0.05, 0.1) is 17.3 Å². The van der Waals surface area contributed by atoms with E-state index in [1.165, 1.54) is 30.5 Å². The van der Waals surface area contributed by atoms with Gasteiger partial charge in [-0.25, -0.2) is 14.6 Å². The Bertz CT molecular complexity index is 750. The Labute approximate surface area is 150 Å². The number of halogens is 2. The molecule has 0 aliphatic heterocycles. The van der Waals surface area contributed by atoms with Gasteiger partial charge in [-0.1, -0.05) is 18.5 Å². The second-order valence-corrected chi connectivity index (χ2v) is 5.76. The fourth-order valence-electron chi connectivity index (χ4n) is 1.85. The van der Waals surface area contributed by atoms with Crippen LogP contribution in [0.2, 0.25) is 5.02 Å². The Morgan fingerprint density at radius 3 is 2.68 bits per heavy atom. The normalized spacial score (nSPS) is 12.0. The van der Waals surface area contributed by atoms with Crippen molar-refractivity contribution < 1.29 is 13.9 Å².